The number of aryl methyl sites for hydroxylation is 1. The minimum Gasteiger partial charge on any atom is -0.294 e. The molecule has 0 saturated heterocycles. The summed E-state index contributed by atoms with van der Waals surface area (Å²) in [5, 5.41) is 4.69. The van der Waals surface area contributed by atoms with E-state index in [0.29, 0.717) is 12.3 Å². The van der Waals surface area contributed by atoms with Gasteiger partial charge in [0.2, 0.25) is 0 Å². The van der Waals surface area contributed by atoms with Gasteiger partial charge in [-0.05, 0) is 25.2 Å². The maximum atomic E-state index is 12.1. The normalized spacial score (nSPS) is 12.7. The van der Waals surface area contributed by atoms with Gasteiger partial charge < -0.3 is 0 Å². The first-order valence-corrected chi connectivity index (χ1v) is 7.70. The first-order valence-electron chi connectivity index (χ1n) is 7.70. The van der Waals surface area contributed by atoms with Gasteiger partial charge in [-0.15, -0.1) is 0 Å². The van der Waals surface area contributed by atoms with Gasteiger partial charge >= 0.3 is 0 Å². The third-order valence-corrected chi connectivity index (χ3v) is 3.67. The molecule has 1 aromatic rings. The summed E-state index contributed by atoms with van der Waals surface area (Å²) in [5.74, 6) is 0.854. The van der Waals surface area contributed by atoms with Crippen LogP contribution < -0.4 is 0 Å². The number of carbonyl (C=O) groups excluding carboxylic acids is 1. The fraction of sp³-hybridized carbons (Fsp3) is 0.750. The molecule has 0 aromatic carbocycles. The van der Waals surface area contributed by atoms with Crippen molar-refractivity contribution < 1.29 is 4.79 Å². The van der Waals surface area contributed by atoms with E-state index in [1.165, 1.54) is 12.8 Å². The van der Waals surface area contributed by atoms with Crippen LogP contribution in [0.25, 0.3) is 0 Å². The van der Waals surface area contributed by atoms with Crippen LogP contribution in [0.15, 0.2) is 0 Å². The van der Waals surface area contributed by atoms with Crippen molar-refractivity contribution in [2.24, 2.45) is 5.92 Å². The maximum absolute atomic E-state index is 12.1. The first kappa shape index (κ1) is 15.9. The molecule has 1 aromatic heterocycles. The summed E-state index contributed by atoms with van der Waals surface area (Å²) in [5.41, 5.74) is 3.01. The van der Waals surface area contributed by atoms with Crippen LogP contribution in [0.1, 0.15) is 75.6 Å². The van der Waals surface area contributed by atoms with E-state index in [4.69, 9.17) is 0 Å². The van der Waals surface area contributed by atoms with E-state index < -0.39 is 0 Å². The highest BCUT2D eigenvalue weighted by Gasteiger charge is 2.21. The van der Waals surface area contributed by atoms with E-state index in [1.54, 1.807) is 0 Å². The van der Waals surface area contributed by atoms with Crippen LogP contribution in [-0.2, 0) is 19.4 Å². The second-order valence-electron chi connectivity index (χ2n) is 5.33. The largest absolute Gasteiger partial charge is 0.294 e. The second-order valence-corrected chi connectivity index (χ2v) is 5.33. The fourth-order valence-corrected chi connectivity index (χ4v) is 2.69. The molecular formula is C16H28N2O. The molecule has 0 saturated carbocycles. The van der Waals surface area contributed by atoms with Crippen molar-refractivity contribution in [2.75, 3.05) is 0 Å². The molecule has 1 heterocycles. The van der Waals surface area contributed by atoms with Crippen molar-refractivity contribution in [2.45, 2.75) is 73.3 Å². The molecule has 0 bridgehead atoms. The summed E-state index contributed by atoms with van der Waals surface area (Å²) in [7, 11) is 0. The quantitative estimate of drug-likeness (QED) is 0.664. The Bertz CT molecular complexity index is 421. The molecule has 0 amide bonds. The number of ketones is 1. The number of nitrogens with zero attached hydrogens (tertiary/aromatic N) is 2. The van der Waals surface area contributed by atoms with Gasteiger partial charge in [-0.1, -0.05) is 41.0 Å². The average molecular weight is 264 g/mol. The van der Waals surface area contributed by atoms with Crippen LogP contribution in [0.2, 0.25) is 0 Å². The predicted octanol–water partition coefficient (Wildman–Crippen LogP) is 4.04. The van der Waals surface area contributed by atoms with Crippen molar-refractivity contribution in [1.82, 2.24) is 9.78 Å². The van der Waals surface area contributed by atoms with Gasteiger partial charge in [0.25, 0.3) is 0 Å². The maximum Gasteiger partial charge on any atom is 0.166 e. The zero-order valence-electron chi connectivity index (χ0n) is 13.1. The molecule has 0 fully saturated rings. The molecule has 1 unspecified atom stereocenters. The zero-order chi connectivity index (χ0) is 14.4. The molecule has 3 nitrogen and oxygen atoms in total. The zero-order valence-corrected chi connectivity index (χ0v) is 13.1. The van der Waals surface area contributed by atoms with Crippen molar-refractivity contribution >= 4 is 5.78 Å². The summed E-state index contributed by atoms with van der Waals surface area (Å²) < 4.78 is 2.09. The van der Waals surface area contributed by atoms with Crippen molar-refractivity contribution in [3.63, 3.8) is 0 Å². The molecule has 0 N–H and O–H groups in total. The topological polar surface area (TPSA) is 34.9 Å². The number of aromatic nitrogens is 2. The van der Waals surface area contributed by atoms with E-state index in [2.05, 4.69) is 37.5 Å². The molecule has 1 atom stereocenters. The second kappa shape index (κ2) is 7.46. The van der Waals surface area contributed by atoms with Gasteiger partial charge in [0.15, 0.2) is 5.78 Å². The van der Waals surface area contributed by atoms with E-state index >= 15 is 0 Å². The Morgan fingerprint density at radius 2 is 1.89 bits per heavy atom. The van der Waals surface area contributed by atoms with E-state index in [0.717, 1.165) is 36.3 Å². The predicted molar refractivity (Wildman–Crippen MR) is 79.7 cm³/mol. The molecule has 0 radical (unpaired) electrons. The van der Waals surface area contributed by atoms with Crippen LogP contribution in [-0.4, -0.2) is 15.6 Å². The lowest BCUT2D eigenvalue weighted by Crippen LogP contribution is -2.13. The van der Waals surface area contributed by atoms with Gasteiger partial charge in [0.05, 0.1) is 11.3 Å². The molecule has 0 spiro atoms. The van der Waals surface area contributed by atoms with Gasteiger partial charge in [-0.3, -0.25) is 9.48 Å². The molecular weight excluding hydrogens is 236 g/mol. The van der Waals surface area contributed by atoms with Gasteiger partial charge in [-0.25, -0.2) is 0 Å². The summed E-state index contributed by atoms with van der Waals surface area (Å²) >= 11 is 0. The Morgan fingerprint density at radius 1 is 1.21 bits per heavy atom. The highest BCUT2D eigenvalue weighted by atomic mass is 16.1. The summed E-state index contributed by atoms with van der Waals surface area (Å²) in [4.78, 5) is 12.1. The molecule has 0 aliphatic rings. The first-order chi connectivity index (χ1) is 9.08. The molecule has 0 aliphatic carbocycles. The smallest absolute Gasteiger partial charge is 0.166 e. The van der Waals surface area contributed by atoms with Crippen molar-refractivity contribution in [3.8, 4) is 0 Å². The van der Waals surface area contributed by atoms with Crippen LogP contribution in [0.5, 0.6) is 0 Å². The van der Waals surface area contributed by atoms with E-state index in [9.17, 15) is 4.79 Å². The molecule has 19 heavy (non-hydrogen) atoms. The Kier molecular flexibility index (Phi) is 6.26. The van der Waals surface area contributed by atoms with E-state index in [1.807, 2.05) is 6.92 Å². The highest BCUT2D eigenvalue weighted by Crippen LogP contribution is 2.20. The SMILES string of the molecule is CCCC(C)Cn1nc(CC)c(C(=O)CC)c1CC. The Labute approximate surface area is 117 Å². The molecule has 0 aliphatic heterocycles. The van der Waals surface area contributed by atoms with Crippen LogP contribution in [0, 0.1) is 5.92 Å². The standard InChI is InChI=1S/C16H28N2O/c1-6-10-12(5)11-18-14(8-3)16(15(19)9-4)13(7-2)17-18/h12H,6-11H2,1-5H3. The summed E-state index contributed by atoms with van der Waals surface area (Å²) in [6, 6.07) is 0. The summed E-state index contributed by atoms with van der Waals surface area (Å²) in [6.07, 6.45) is 4.69. The van der Waals surface area contributed by atoms with Gasteiger partial charge in [0, 0.05) is 18.7 Å². The van der Waals surface area contributed by atoms with Crippen LogP contribution in [0.3, 0.4) is 0 Å². The number of hydrogen-bond acceptors (Lipinski definition) is 2. The molecule has 108 valence electrons. The van der Waals surface area contributed by atoms with Gasteiger partial charge in [0.1, 0.15) is 0 Å². The monoisotopic (exact) mass is 264 g/mol. The Morgan fingerprint density at radius 3 is 2.37 bits per heavy atom. The minimum atomic E-state index is 0.239. The minimum absolute atomic E-state index is 0.239. The van der Waals surface area contributed by atoms with Crippen molar-refractivity contribution in [1.29, 1.82) is 0 Å². The molecule has 1 rings (SSSR count). The van der Waals surface area contributed by atoms with Gasteiger partial charge in [-0.2, -0.15) is 5.10 Å². The highest BCUT2D eigenvalue weighted by molar-refractivity contribution is 5.98. The lowest BCUT2D eigenvalue weighted by molar-refractivity contribution is 0.0986. The average Bonchev–Trinajstić information content (AvgIpc) is 2.75. The Balaban J connectivity index is 3.11. The van der Waals surface area contributed by atoms with Crippen molar-refractivity contribution in [3.05, 3.63) is 17.0 Å². The van der Waals surface area contributed by atoms with Crippen LogP contribution >= 0.6 is 0 Å². The lowest BCUT2D eigenvalue weighted by Gasteiger charge is -2.13. The fourth-order valence-electron chi connectivity index (χ4n) is 2.69. The summed E-state index contributed by atoms with van der Waals surface area (Å²) in [6.45, 7) is 11.5. The number of carbonyl (C=O) groups is 1. The number of Topliss-reactive ketones (excluding diaryl/α,β-unsaturated/α-hetero) is 1. The number of rotatable bonds is 8. The van der Waals surface area contributed by atoms with Crippen LogP contribution in [0.4, 0.5) is 0 Å². The molecule has 3 heteroatoms. The third-order valence-electron chi connectivity index (χ3n) is 3.67. The third kappa shape index (κ3) is 3.68. The number of hydrogen-bond donors (Lipinski definition) is 0. The van der Waals surface area contributed by atoms with E-state index in [-0.39, 0.29) is 5.78 Å². The Hall–Kier alpha value is -1.12. The lowest BCUT2D eigenvalue weighted by atomic mass is 10.0.